The Balaban J connectivity index is 0.000000307. The number of halogens is 1. The molecule has 0 spiro atoms. The Morgan fingerprint density at radius 2 is 1.49 bits per heavy atom. The van der Waals surface area contributed by atoms with E-state index < -0.39 is 11.2 Å². The van der Waals surface area contributed by atoms with Gasteiger partial charge in [0.1, 0.15) is 11.2 Å². The number of fused-ring (bicyclic) bond motifs is 1. The van der Waals surface area contributed by atoms with Crippen LogP contribution >= 0.6 is 38.6 Å². The van der Waals surface area contributed by atoms with Gasteiger partial charge in [-0.25, -0.2) is 9.59 Å². The maximum absolute atomic E-state index is 12.2. The number of likely N-dealkylation sites (tertiary alicyclic amines) is 2. The third-order valence-corrected chi connectivity index (χ3v) is 10.7. The van der Waals surface area contributed by atoms with Crippen LogP contribution < -0.4 is 5.43 Å². The summed E-state index contributed by atoms with van der Waals surface area (Å²) in [6.45, 7) is 14.8. The second kappa shape index (κ2) is 20.5. The topological polar surface area (TPSA) is 131 Å². The van der Waals surface area contributed by atoms with Crippen LogP contribution in [-0.4, -0.2) is 107 Å². The van der Waals surface area contributed by atoms with Crippen LogP contribution in [0.4, 0.5) is 9.59 Å². The molecule has 12 nitrogen and oxygen atoms in total. The van der Waals surface area contributed by atoms with Crippen molar-refractivity contribution < 1.29 is 28.9 Å². The number of carbonyl (C=O) groups excluding carboxylic acids is 2. The number of nitrogens with zero attached hydrogens (tertiary/aromatic N) is 5. The molecule has 2 aliphatic heterocycles. The molecule has 2 N–H and O–H groups in total. The maximum atomic E-state index is 12.2. The van der Waals surface area contributed by atoms with Crippen molar-refractivity contribution in [3.8, 4) is 0 Å². The number of carbonyl (C=O) groups is 2. The molecular formula is C36H59BrN6O6S2. The summed E-state index contributed by atoms with van der Waals surface area (Å²) in [5.41, 5.74) is 5.49. The Kier molecular flexibility index (Phi) is 17.9. The monoisotopic (exact) mass is 814 g/mol. The molecule has 0 saturated carbocycles. The van der Waals surface area contributed by atoms with Crippen LogP contribution in [0.1, 0.15) is 91.1 Å². The molecule has 0 bridgehead atoms. The van der Waals surface area contributed by atoms with Gasteiger partial charge in [0.15, 0.2) is 0 Å². The van der Waals surface area contributed by atoms with E-state index in [-0.39, 0.29) is 26.2 Å². The molecule has 2 amide bonds. The Hall–Kier alpha value is -2.72. The van der Waals surface area contributed by atoms with E-state index >= 15 is 0 Å². The molecule has 5 rings (SSSR count). The highest BCUT2D eigenvalue weighted by molar-refractivity contribution is 9.10. The highest BCUT2D eigenvalue weighted by Gasteiger charge is 2.31. The van der Waals surface area contributed by atoms with Crippen molar-refractivity contribution in [3.63, 3.8) is 0 Å². The van der Waals surface area contributed by atoms with Crippen LogP contribution in [0.5, 0.6) is 0 Å². The molecule has 288 valence electrons. The van der Waals surface area contributed by atoms with E-state index in [1.54, 1.807) is 34.7 Å². The third-order valence-electron chi connectivity index (χ3n) is 7.93. The average Bonchev–Trinajstić information content (AvgIpc) is 3.78. The molecule has 51 heavy (non-hydrogen) atoms. The third kappa shape index (κ3) is 13.6. The minimum absolute atomic E-state index is 0. The van der Waals surface area contributed by atoms with Gasteiger partial charge in [0, 0.05) is 63.7 Å². The van der Waals surface area contributed by atoms with E-state index in [2.05, 4.69) is 48.0 Å². The number of amides is 2. The van der Waals surface area contributed by atoms with Gasteiger partial charge in [-0.15, -0.1) is 22.7 Å². The van der Waals surface area contributed by atoms with Crippen LogP contribution in [0, 0.1) is 5.92 Å². The quantitative estimate of drug-likeness (QED) is 0.189. The standard InChI is InChI=1S/C16H24BrN3O2S.C16H23N3O2S.C3H8O2.CH4/c1-16(2,3)22-15(21)20-8-5-11(6-9-20)13(19-18-4)14-12(17)7-10-23-14;1-16(2,3)21-15(20)19-8-5-11(6-9-19)13-14-12(7-10-22-14)18(4)17-13;1-5-3-2-4;/h7,10-11,18H,5-6,8-9H2,1-4H3;7,10-11H,5-6,8-9H2,1-4H3;4H,2-3H2,1H3;1H4/b19-13+;;;. The number of methoxy groups -OCH3 is 1. The number of aryl methyl sites for hydroxylation is 1. The molecule has 2 saturated heterocycles. The summed E-state index contributed by atoms with van der Waals surface area (Å²) in [6, 6.07) is 4.16. The number of ether oxygens (including phenoxy) is 3. The number of hydrazone groups is 1. The molecule has 0 radical (unpaired) electrons. The first kappa shape index (κ1) is 44.4. The molecule has 0 atom stereocenters. The van der Waals surface area contributed by atoms with E-state index in [0.29, 0.717) is 31.5 Å². The zero-order valence-corrected chi connectivity index (χ0v) is 34.2. The van der Waals surface area contributed by atoms with E-state index in [0.717, 1.165) is 53.8 Å². The second-order valence-electron chi connectivity index (χ2n) is 14.2. The molecule has 5 heterocycles. The summed E-state index contributed by atoms with van der Waals surface area (Å²) < 4.78 is 19.7. The molecule has 15 heteroatoms. The summed E-state index contributed by atoms with van der Waals surface area (Å²) >= 11 is 7.03. The van der Waals surface area contributed by atoms with Crippen LogP contribution in [-0.2, 0) is 21.3 Å². The van der Waals surface area contributed by atoms with Crippen molar-refractivity contribution in [1.82, 2.24) is 25.0 Å². The van der Waals surface area contributed by atoms with Crippen molar-refractivity contribution in [2.45, 2.75) is 91.8 Å². The van der Waals surface area contributed by atoms with E-state index in [9.17, 15) is 9.59 Å². The van der Waals surface area contributed by atoms with Crippen LogP contribution in [0.3, 0.4) is 0 Å². The lowest BCUT2D eigenvalue weighted by Gasteiger charge is -2.33. The average molecular weight is 816 g/mol. The normalized spacial score (nSPS) is 16.0. The van der Waals surface area contributed by atoms with E-state index in [1.165, 1.54) is 15.9 Å². The second-order valence-corrected chi connectivity index (χ2v) is 16.8. The van der Waals surface area contributed by atoms with Crippen molar-refractivity contribution >= 4 is 66.7 Å². The summed E-state index contributed by atoms with van der Waals surface area (Å²) in [5, 5.41) is 21.3. The fraction of sp³-hybridized carbons (Fsp3) is 0.667. The molecule has 0 aliphatic carbocycles. The van der Waals surface area contributed by atoms with Gasteiger partial charge < -0.3 is 34.5 Å². The molecule has 2 fully saturated rings. The van der Waals surface area contributed by atoms with Crippen molar-refractivity contribution in [2.24, 2.45) is 18.1 Å². The van der Waals surface area contributed by atoms with E-state index in [1.807, 2.05) is 71.3 Å². The highest BCUT2D eigenvalue weighted by atomic mass is 79.9. The summed E-state index contributed by atoms with van der Waals surface area (Å²) in [4.78, 5) is 29.0. The number of aliphatic hydroxyl groups excluding tert-OH is 1. The lowest BCUT2D eigenvalue weighted by Crippen LogP contribution is -2.43. The predicted molar refractivity (Wildman–Crippen MR) is 212 cm³/mol. The largest absolute Gasteiger partial charge is 0.444 e. The lowest BCUT2D eigenvalue weighted by atomic mass is 9.91. The number of piperidine rings is 2. The fourth-order valence-electron chi connectivity index (χ4n) is 5.62. The van der Waals surface area contributed by atoms with Crippen LogP contribution in [0.15, 0.2) is 32.5 Å². The number of thiophene rings is 2. The van der Waals surface area contributed by atoms with Gasteiger partial charge in [-0.3, -0.25) is 4.68 Å². The highest BCUT2D eigenvalue weighted by Crippen LogP contribution is 2.35. The van der Waals surface area contributed by atoms with Crippen molar-refractivity contribution in [1.29, 1.82) is 0 Å². The Labute approximate surface area is 320 Å². The van der Waals surface area contributed by atoms with Gasteiger partial charge in [0.05, 0.1) is 39.7 Å². The Morgan fingerprint density at radius 3 is 1.92 bits per heavy atom. The SMILES string of the molecule is C.CN/N=C(/c1sccc1Br)C1CCN(C(=O)OC(C)(C)C)CC1.COCCO.Cn1nc(C2CCN(C(=O)OC(C)(C)C)CC2)c2sccc21. The summed E-state index contributed by atoms with van der Waals surface area (Å²) in [5.74, 6) is 0.775. The maximum Gasteiger partial charge on any atom is 0.410 e. The zero-order chi connectivity index (χ0) is 37.1. The first-order valence-corrected chi connectivity index (χ1v) is 19.6. The predicted octanol–water partition coefficient (Wildman–Crippen LogP) is 8.09. The molecule has 3 aromatic heterocycles. The smallest absolute Gasteiger partial charge is 0.410 e. The lowest BCUT2D eigenvalue weighted by molar-refractivity contribution is 0.0192. The van der Waals surface area contributed by atoms with Crippen molar-refractivity contribution in [2.75, 3.05) is 53.6 Å². The number of rotatable bonds is 6. The van der Waals surface area contributed by atoms with E-state index in [4.69, 9.17) is 19.7 Å². The van der Waals surface area contributed by atoms with Gasteiger partial charge in [0.2, 0.25) is 0 Å². The number of nitrogens with one attached hydrogen (secondary N) is 1. The number of hydrogen-bond donors (Lipinski definition) is 2. The summed E-state index contributed by atoms with van der Waals surface area (Å²) in [6.07, 6.45) is 3.26. The summed E-state index contributed by atoms with van der Waals surface area (Å²) in [7, 11) is 5.36. The number of aliphatic hydroxyl groups is 1. The van der Waals surface area contributed by atoms with Gasteiger partial charge >= 0.3 is 12.2 Å². The van der Waals surface area contributed by atoms with Crippen molar-refractivity contribution in [3.05, 3.63) is 37.9 Å². The first-order valence-electron chi connectivity index (χ1n) is 17.0. The van der Waals surface area contributed by atoms with Gasteiger partial charge in [-0.1, -0.05) is 7.43 Å². The molecule has 3 aromatic rings. The zero-order valence-electron chi connectivity index (χ0n) is 31.0. The molecule has 0 aromatic carbocycles. The molecular weight excluding hydrogens is 756 g/mol. The Bertz CT molecular complexity index is 1520. The fourth-order valence-corrected chi connectivity index (χ4v) is 8.24. The van der Waals surface area contributed by atoms with Crippen LogP contribution in [0.25, 0.3) is 10.2 Å². The number of hydrogen-bond acceptors (Lipinski definition) is 11. The van der Waals surface area contributed by atoms with Gasteiger partial charge in [-0.2, -0.15) is 10.2 Å². The van der Waals surface area contributed by atoms with Crippen LogP contribution in [0.2, 0.25) is 0 Å². The first-order chi connectivity index (χ1) is 23.6. The van der Waals surface area contributed by atoms with Gasteiger partial charge in [0.25, 0.3) is 0 Å². The molecule has 2 aliphatic rings. The van der Waals surface area contributed by atoms with Gasteiger partial charge in [-0.05, 0) is 106 Å². The minimum Gasteiger partial charge on any atom is -0.444 e. The number of aromatic nitrogens is 2. The minimum atomic E-state index is -0.450. The Morgan fingerprint density at radius 1 is 0.961 bits per heavy atom. The molecule has 0 unspecified atom stereocenters.